The zero-order valence-corrected chi connectivity index (χ0v) is 18.2. The average molecular weight is 446 g/mol. The second kappa shape index (κ2) is 11.7. The van der Waals surface area contributed by atoms with Crippen molar-refractivity contribution in [2.45, 2.75) is 38.5 Å². The fourth-order valence-electron chi connectivity index (χ4n) is 3.32. The summed E-state index contributed by atoms with van der Waals surface area (Å²) in [7, 11) is 0. The first-order valence-electron chi connectivity index (χ1n) is 9.19. The summed E-state index contributed by atoms with van der Waals surface area (Å²) in [6.45, 7) is 4.40. The van der Waals surface area contributed by atoms with Gasteiger partial charge in [-0.25, -0.2) is 0 Å². The summed E-state index contributed by atoms with van der Waals surface area (Å²) >= 11 is 11.7. The molecule has 2 saturated heterocycles. The van der Waals surface area contributed by atoms with Crippen LogP contribution in [0.5, 0.6) is 0 Å². The quantitative estimate of drug-likeness (QED) is 0.688. The van der Waals surface area contributed by atoms with Gasteiger partial charge in [-0.2, -0.15) is 10.2 Å². The molecule has 2 aliphatic rings. The molecule has 27 heavy (non-hydrogen) atoms. The van der Waals surface area contributed by atoms with E-state index in [0.29, 0.717) is 10.3 Å². The topological polar surface area (TPSA) is 58.0 Å². The molecule has 0 saturated carbocycles. The predicted molar refractivity (Wildman–Crippen MR) is 106 cm³/mol. The Morgan fingerprint density at radius 1 is 0.778 bits per heavy atom. The third-order valence-corrected chi connectivity index (χ3v) is 5.14. The van der Waals surface area contributed by atoms with Crippen molar-refractivity contribution in [1.82, 2.24) is 20.4 Å². The molecule has 0 spiro atoms. The molecule has 1 radical (unpaired) electrons. The number of hydrogen-bond acceptors (Lipinski definition) is 6. The maximum atomic E-state index is 5.96. The predicted octanol–water partition coefficient (Wildman–Crippen LogP) is 4.24. The van der Waals surface area contributed by atoms with Crippen LogP contribution in [0, 0.1) is 0 Å². The van der Waals surface area contributed by atoms with Crippen LogP contribution in [0.3, 0.4) is 0 Å². The Morgan fingerprint density at radius 2 is 1.41 bits per heavy atom. The van der Waals surface area contributed by atoms with Crippen LogP contribution >= 0.6 is 23.2 Å². The number of halogens is 2. The molecule has 6 nitrogen and oxygen atoms in total. The number of aromatic nitrogens is 4. The molecule has 2 aromatic rings. The van der Waals surface area contributed by atoms with Crippen LogP contribution in [0.15, 0.2) is 24.5 Å². The second-order valence-corrected chi connectivity index (χ2v) is 7.28. The maximum Gasteiger partial charge on any atom is 0.175 e. The molecule has 9 heteroatoms. The van der Waals surface area contributed by atoms with E-state index in [9.17, 15) is 0 Å². The first-order valence-corrected chi connectivity index (χ1v) is 9.95. The van der Waals surface area contributed by atoms with Crippen LogP contribution in [0.4, 0.5) is 11.4 Å². The molecule has 2 aromatic heterocycles. The molecule has 0 N–H and O–H groups in total. The maximum absolute atomic E-state index is 5.96. The molecule has 2 aliphatic heterocycles. The van der Waals surface area contributed by atoms with E-state index < -0.39 is 0 Å². The molecular formula is C18H24Cl2N6V. The average Bonchev–Trinajstić information content (AvgIpc) is 2.72. The zero-order valence-electron chi connectivity index (χ0n) is 15.3. The molecule has 145 valence electrons. The Labute approximate surface area is 182 Å². The molecule has 0 bridgehead atoms. The molecule has 0 aliphatic carbocycles. The van der Waals surface area contributed by atoms with Crippen LogP contribution in [-0.2, 0) is 18.6 Å². The molecule has 0 unspecified atom stereocenters. The number of hydrogen-bond donors (Lipinski definition) is 0. The molecule has 4 heterocycles. The monoisotopic (exact) mass is 445 g/mol. The first kappa shape index (κ1) is 22.2. The van der Waals surface area contributed by atoms with E-state index in [4.69, 9.17) is 23.2 Å². The van der Waals surface area contributed by atoms with Crippen molar-refractivity contribution in [1.29, 1.82) is 0 Å². The standard InChI is InChI=1S/C9H11Cl2N3.C9H13N3.V/c10-8-6-7(9(11)13-12-8)14-4-2-1-3-5-14;1-2-6-12(7-3-1)9-4-5-10-11-8-9;/h6H,1-5H2;4-5,8H,1-3,6-7H2;. The Morgan fingerprint density at radius 3 is 2.00 bits per heavy atom. The Bertz CT molecular complexity index is 679. The van der Waals surface area contributed by atoms with Gasteiger partial charge in [-0.1, -0.05) is 23.2 Å². The third-order valence-electron chi connectivity index (χ3n) is 4.69. The minimum absolute atomic E-state index is 0. The molecule has 0 aromatic carbocycles. The van der Waals surface area contributed by atoms with E-state index in [0.717, 1.165) is 18.8 Å². The van der Waals surface area contributed by atoms with E-state index >= 15 is 0 Å². The normalized spacial score (nSPS) is 16.8. The van der Waals surface area contributed by atoms with Gasteiger partial charge < -0.3 is 9.80 Å². The van der Waals surface area contributed by atoms with E-state index in [-0.39, 0.29) is 18.6 Å². The number of anilines is 2. The molecule has 0 atom stereocenters. The fraction of sp³-hybridized carbons (Fsp3) is 0.556. The minimum atomic E-state index is 0. The van der Waals surface area contributed by atoms with Gasteiger partial charge in [0.1, 0.15) is 0 Å². The van der Waals surface area contributed by atoms with Crippen molar-refractivity contribution in [3.63, 3.8) is 0 Å². The summed E-state index contributed by atoms with van der Waals surface area (Å²) in [5.41, 5.74) is 2.12. The van der Waals surface area contributed by atoms with Crippen molar-refractivity contribution in [2.75, 3.05) is 36.0 Å². The zero-order chi connectivity index (χ0) is 18.2. The van der Waals surface area contributed by atoms with Gasteiger partial charge in [0.05, 0.1) is 23.8 Å². The largest absolute Gasteiger partial charge is 0.370 e. The van der Waals surface area contributed by atoms with Gasteiger partial charge >= 0.3 is 0 Å². The Hall–Kier alpha value is -1.08. The molecular weight excluding hydrogens is 422 g/mol. The Kier molecular flexibility index (Phi) is 9.62. The van der Waals surface area contributed by atoms with Crippen molar-refractivity contribution < 1.29 is 18.6 Å². The number of nitrogens with zero attached hydrogens (tertiary/aromatic N) is 6. The summed E-state index contributed by atoms with van der Waals surface area (Å²) in [5, 5.41) is 16.0. The second-order valence-electron chi connectivity index (χ2n) is 6.54. The van der Waals surface area contributed by atoms with Crippen LogP contribution in [0.25, 0.3) is 0 Å². The van der Waals surface area contributed by atoms with Gasteiger partial charge in [0.2, 0.25) is 0 Å². The minimum Gasteiger partial charge on any atom is -0.370 e. The summed E-state index contributed by atoms with van der Waals surface area (Å²) in [5.74, 6) is 0. The molecule has 0 amide bonds. The molecule has 2 fully saturated rings. The van der Waals surface area contributed by atoms with Crippen molar-refractivity contribution in [3.8, 4) is 0 Å². The van der Waals surface area contributed by atoms with Crippen molar-refractivity contribution >= 4 is 34.6 Å². The van der Waals surface area contributed by atoms with Gasteiger partial charge in [0.25, 0.3) is 0 Å². The van der Waals surface area contributed by atoms with Crippen LogP contribution in [-0.4, -0.2) is 46.6 Å². The van der Waals surface area contributed by atoms with Gasteiger partial charge in [0, 0.05) is 50.8 Å². The fourth-order valence-corrected chi connectivity index (χ4v) is 3.68. The van der Waals surface area contributed by atoms with Gasteiger partial charge in [-0.05, 0) is 44.6 Å². The summed E-state index contributed by atoms with van der Waals surface area (Å²) in [4.78, 5) is 4.59. The smallest absolute Gasteiger partial charge is 0.175 e. The van der Waals surface area contributed by atoms with Gasteiger partial charge in [-0.15, -0.1) is 10.2 Å². The van der Waals surface area contributed by atoms with E-state index in [1.54, 1.807) is 12.3 Å². The Balaban J connectivity index is 0.000000189. The van der Waals surface area contributed by atoms with E-state index in [1.165, 1.54) is 57.3 Å². The van der Waals surface area contributed by atoms with Crippen molar-refractivity contribution in [3.05, 3.63) is 34.8 Å². The van der Waals surface area contributed by atoms with Crippen LogP contribution in [0.2, 0.25) is 10.3 Å². The van der Waals surface area contributed by atoms with Crippen molar-refractivity contribution in [2.24, 2.45) is 0 Å². The van der Waals surface area contributed by atoms with Gasteiger partial charge in [-0.3, -0.25) is 0 Å². The first-order chi connectivity index (χ1) is 12.7. The van der Waals surface area contributed by atoms with Gasteiger partial charge in [0.15, 0.2) is 10.3 Å². The molecule has 4 rings (SSSR count). The summed E-state index contributed by atoms with van der Waals surface area (Å²) in [6.07, 6.45) is 11.3. The number of piperidine rings is 2. The summed E-state index contributed by atoms with van der Waals surface area (Å²) in [6, 6.07) is 3.81. The van der Waals surface area contributed by atoms with Crippen LogP contribution < -0.4 is 9.80 Å². The SMILES string of the molecule is Clc1cc(N2CCCCC2)c(Cl)nn1.[V].c1cc(N2CCCCC2)cnn1. The van der Waals surface area contributed by atoms with E-state index in [2.05, 4.69) is 30.2 Å². The third kappa shape index (κ3) is 6.79. The summed E-state index contributed by atoms with van der Waals surface area (Å²) < 4.78 is 0. The van der Waals surface area contributed by atoms with E-state index in [1.807, 2.05) is 12.3 Å². The number of rotatable bonds is 2. The van der Waals surface area contributed by atoms with Crippen LogP contribution in [0.1, 0.15) is 38.5 Å².